The molecule has 3 heteroatoms. The van der Waals surface area contributed by atoms with Gasteiger partial charge in [0.15, 0.2) is 0 Å². The summed E-state index contributed by atoms with van der Waals surface area (Å²) in [7, 11) is 1.64. The minimum Gasteiger partial charge on any atom is -0.497 e. The molecule has 200 valence electrons. The summed E-state index contributed by atoms with van der Waals surface area (Å²) in [5.74, 6) is 13.1. The first-order valence-corrected chi connectivity index (χ1v) is 14.5. The lowest BCUT2D eigenvalue weighted by molar-refractivity contribution is -0.145. The van der Waals surface area contributed by atoms with Crippen LogP contribution in [0.25, 0.3) is 0 Å². The van der Waals surface area contributed by atoms with Gasteiger partial charge in [0.1, 0.15) is 12.4 Å². The summed E-state index contributed by atoms with van der Waals surface area (Å²) in [6.45, 7) is 2.60. The van der Waals surface area contributed by atoms with E-state index in [9.17, 15) is 4.79 Å². The molecule has 0 saturated carbocycles. The first-order valence-electron chi connectivity index (χ1n) is 14.5. The number of esters is 1. The van der Waals surface area contributed by atoms with Crippen molar-refractivity contribution in [3.8, 4) is 29.4 Å². The number of rotatable bonds is 21. The van der Waals surface area contributed by atoms with Gasteiger partial charge in [0.2, 0.25) is 0 Å². The van der Waals surface area contributed by atoms with E-state index in [-0.39, 0.29) is 5.97 Å². The fourth-order valence-corrected chi connectivity index (χ4v) is 4.06. The van der Waals surface area contributed by atoms with E-state index in [1.54, 1.807) is 7.11 Å². The predicted molar refractivity (Wildman–Crippen MR) is 152 cm³/mol. The predicted octanol–water partition coefficient (Wildman–Crippen LogP) is 9.18. The zero-order valence-electron chi connectivity index (χ0n) is 23.2. The number of hydrogen-bond donors (Lipinski definition) is 0. The molecule has 3 nitrogen and oxygen atoms in total. The Morgan fingerprint density at radius 2 is 1.14 bits per heavy atom. The molecule has 0 unspecified atom stereocenters. The molecule has 0 aliphatic carbocycles. The highest BCUT2D eigenvalue weighted by atomic mass is 16.5. The molecule has 0 fully saturated rings. The fraction of sp³-hybridized carbons (Fsp3) is 0.667. The lowest BCUT2D eigenvalue weighted by atomic mass is 10.1. The smallest absolute Gasteiger partial charge is 0.306 e. The molecule has 1 aromatic carbocycles. The highest BCUT2D eigenvalue weighted by Crippen LogP contribution is 2.13. The molecule has 0 amide bonds. The number of methoxy groups -OCH3 is 1. The van der Waals surface area contributed by atoms with Gasteiger partial charge in [0, 0.05) is 19.3 Å². The third-order valence-corrected chi connectivity index (χ3v) is 6.39. The molecule has 1 rings (SSSR count). The van der Waals surface area contributed by atoms with E-state index in [0.29, 0.717) is 13.0 Å². The second-order valence-corrected chi connectivity index (χ2v) is 9.67. The zero-order valence-corrected chi connectivity index (χ0v) is 23.2. The van der Waals surface area contributed by atoms with Crippen molar-refractivity contribution in [3.63, 3.8) is 0 Å². The highest BCUT2D eigenvalue weighted by Gasteiger charge is 2.03. The Balaban J connectivity index is 1.84. The average Bonchev–Trinajstić information content (AvgIpc) is 2.90. The Bertz CT molecular complexity index is 773. The Labute approximate surface area is 222 Å². The van der Waals surface area contributed by atoms with Crippen molar-refractivity contribution in [2.24, 2.45) is 0 Å². The average molecular weight is 495 g/mol. The first kappa shape index (κ1) is 31.6. The maximum atomic E-state index is 11.9. The third-order valence-electron chi connectivity index (χ3n) is 6.39. The Morgan fingerprint density at radius 3 is 1.64 bits per heavy atom. The number of ether oxygens (including phenoxy) is 2. The first-order chi connectivity index (χ1) is 17.8. The van der Waals surface area contributed by atoms with Gasteiger partial charge in [-0.2, -0.15) is 0 Å². The molecule has 0 aliphatic rings. The molecule has 0 saturated heterocycles. The third kappa shape index (κ3) is 19.9. The summed E-state index contributed by atoms with van der Waals surface area (Å²) in [4.78, 5) is 11.9. The maximum Gasteiger partial charge on any atom is 0.306 e. The van der Waals surface area contributed by atoms with Crippen LogP contribution in [0.4, 0.5) is 0 Å². The Kier molecular flexibility index (Phi) is 21.4. The second kappa shape index (κ2) is 24.3. The molecule has 0 atom stereocenters. The molecular formula is C33H50O3. The standard InChI is InChI=1S/C33H50O3/c1-3-4-5-6-7-8-9-10-11-12-13-14-15-16-17-18-19-20-21-22-23-24-25-33(34)36-30-31-26-28-32(35-2)29-27-31/h26-29H,3-13,18-25,30H2,1-2H3. The van der Waals surface area contributed by atoms with Crippen molar-refractivity contribution < 1.29 is 14.3 Å². The van der Waals surface area contributed by atoms with Crippen LogP contribution in [0.15, 0.2) is 24.3 Å². The van der Waals surface area contributed by atoms with Crippen LogP contribution in [0.3, 0.4) is 0 Å². The van der Waals surface area contributed by atoms with Crippen LogP contribution in [-0.4, -0.2) is 13.1 Å². The van der Waals surface area contributed by atoms with Crippen LogP contribution in [0.2, 0.25) is 0 Å². The summed E-state index contributed by atoms with van der Waals surface area (Å²) in [5.41, 5.74) is 0.979. The second-order valence-electron chi connectivity index (χ2n) is 9.67. The minimum atomic E-state index is -0.115. The van der Waals surface area contributed by atoms with Gasteiger partial charge in [-0.05, 0) is 48.8 Å². The van der Waals surface area contributed by atoms with Crippen LogP contribution in [0.5, 0.6) is 5.75 Å². The van der Waals surface area contributed by atoms with Crippen molar-refractivity contribution >= 4 is 5.97 Å². The Morgan fingerprint density at radius 1 is 0.667 bits per heavy atom. The van der Waals surface area contributed by atoms with Crippen LogP contribution in [0, 0.1) is 23.7 Å². The highest BCUT2D eigenvalue weighted by molar-refractivity contribution is 5.69. The number of carbonyl (C=O) groups is 1. The van der Waals surface area contributed by atoms with Crippen molar-refractivity contribution in [1.29, 1.82) is 0 Å². The molecule has 36 heavy (non-hydrogen) atoms. The number of benzene rings is 1. The minimum absolute atomic E-state index is 0.115. The van der Waals surface area contributed by atoms with Crippen molar-refractivity contribution in [2.45, 2.75) is 136 Å². The van der Waals surface area contributed by atoms with E-state index in [0.717, 1.165) is 49.8 Å². The molecule has 0 heterocycles. The van der Waals surface area contributed by atoms with E-state index >= 15 is 0 Å². The molecule has 0 N–H and O–H groups in total. The monoisotopic (exact) mass is 494 g/mol. The number of hydrogen-bond acceptors (Lipinski definition) is 3. The molecular weight excluding hydrogens is 444 g/mol. The summed E-state index contributed by atoms with van der Waals surface area (Å²) in [5, 5.41) is 0. The van der Waals surface area contributed by atoms with Crippen LogP contribution >= 0.6 is 0 Å². The van der Waals surface area contributed by atoms with E-state index in [1.807, 2.05) is 24.3 Å². The lowest BCUT2D eigenvalue weighted by Gasteiger charge is -2.06. The van der Waals surface area contributed by atoms with Gasteiger partial charge < -0.3 is 9.47 Å². The molecule has 0 bridgehead atoms. The van der Waals surface area contributed by atoms with Gasteiger partial charge in [-0.1, -0.05) is 114 Å². The topological polar surface area (TPSA) is 35.5 Å². The summed E-state index contributed by atoms with van der Waals surface area (Å²) >= 11 is 0. The summed E-state index contributed by atoms with van der Waals surface area (Å²) in [6.07, 6.45) is 22.7. The molecule has 0 spiro atoms. The maximum absolute atomic E-state index is 11.9. The normalized spacial score (nSPS) is 10.2. The number of carbonyl (C=O) groups excluding carboxylic acids is 1. The van der Waals surface area contributed by atoms with Crippen molar-refractivity contribution in [2.75, 3.05) is 7.11 Å². The quantitative estimate of drug-likeness (QED) is 0.0970. The largest absolute Gasteiger partial charge is 0.497 e. The van der Waals surface area contributed by atoms with Gasteiger partial charge in [-0.3, -0.25) is 4.79 Å². The zero-order chi connectivity index (χ0) is 25.9. The SMILES string of the molecule is CCCCCCCCCCCCC#CC#CCCCCCCCCC(=O)OCc1ccc(OC)cc1. The van der Waals surface area contributed by atoms with Crippen molar-refractivity contribution in [3.05, 3.63) is 29.8 Å². The number of unbranched alkanes of at least 4 members (excludes halogenated alkanes) is 16. The Hall–Kier alpha value is -2.39. The van der Waals surface area contributed by atoms with Crippen LogP contribution in [0.1, 0.15) is 134 Å². The van der Waals surface area contributed by atoms with E-state index < -0.39 is 0 Å². The van der Waals surface area contributed by atoms with E-state index in [4.69, 9.17) is 9.47 Å². The van der Waals surface area contributed by atoms with Crippen LogP contribution < -0.4 is 4.74 Å². The summed E-state index contributed by atoms with van der Waals surface area (Å²) < 4.78 is 10.5. The van der Waals surface area contributed by atoms with Crippen molar-refractivity contribution in [1.82, 2.24) is 0 Å². The van der Waals surface area contributed by atoms with Gasteiger partial charge in [0.05, 0.1) is 7.11 Å². The van der Waals surface area contributed by atoms with E-state index in [1.165, 1.54) is 77.0 Å². The lowest BCUT2D eigenvalue weighted by Crippen LogP contribution is -2.04. The molecule has 0 radical (unpaired) electrons. The van der Waals surface area contributed by atoms with Gasteiger partial charge in [-0.15, -0.1) is 0 Å². The van der Waals surface area contributed by atoms with E-state index in [2.05, 4.69) is 30.6 Å². The molecule has 0 aromatic heterocycles. The van der Waals surface area contributed by atoms with Gasteiger partial charge in [0.25, 0.3) is 0 Å². The molecule has 0 aliphatic heterocycles. The molecule has 1 aromatic rings. The van der Waals surface area contributed by atoms with Gasteiger partial charge >= 0.3 is 5.97 Å². The van der Waals surface area contributed by atoms with Gasteiger partial charge in [-0.25, -0.2) is 0 Å². The summed E-state index contributed by atoms with van der Waals surface area (Å²) in [6, 6.07) is 7.59. The fourth-order valence-electron chi connectivity index (χ4n) is 4.06. The van der Waals surface area contributed by atoms with Crippen LogP contribution in [-0.2, 0) is 16.1 Å².